The molecule has 0 rings (SSSR count). The van der Waals surface area contributed by atoms with Crippen molar-refractivity contribution in [3.63, 3.8) is 0 Å². The van der Waals surface area contributed by atoms with Gasteiger partial charge in [0.05, 0.1) is 39.9 Å². The number of nitrogens with zero attached hydrogens (tertiary/aromatic N) is 1. The van der Waals surface area contributed by atoms with Crippen molar-refractivity contribution in [2.75, 3.05) is 40.9 Å². The first kappa shape index (κ1) is 55.2. The molecule has 8 nitrogen and oxygen atoms in total. The summed E-state index contributed by atoms with van der Waals surface area (Å²) in [6, 6.07) is -0.903. The average molecular weight is 821 g/mol. The molecule has 57 heavy (non-hydrogen) atoms. The zero-order valence-corrected chi connectivity index (χ0v) is 38.4. The van der Waals surface area contributed by atoms with Crippen molar-refractivity contribution in [1.29, 1.82) is 0 Å². The van der Waals surface area contributed by atoms with Crippen LogP contribution in [0.25, 0.3) is 0 Å². The molecule has 0 spiro atoms. The standard InChI is InChI=1S/C48H89N2O6P/c1-6-8-10-12-14-16-17-18-19-20-21-22-23-24-25-26-27-28-29-30-31-32-33-34-36-38-40-42-48(52)49-46(45-56-57(53,54)55-44-43-50(3,4)5)47(51)41-39-37-35-15-13-11-9-7-2/h13,15,17-18,20-21,23-24,39,41,46-47,51H,6-12,14,16,19,22,25-38,40,42-45H2,1-5H3,(H-,49,52,53,54)/b15-13+,18-17-,21-20-,24-23-,41-39+. The molecule has 0 aromatic rings. The van der Waals surface area contributed by atoms with Crippen LogP contribution in [0.15, 0.2) is 60.8 Å². The number of allylic oxidation sites excluding steroid dienone is 9. The van der Waals surface area contributed by atoms with Crippen molar-refractivity contribution in [3.05, 3.63) is 60.8 Å². The van der Waals surface area contributed by atoms with Gasteiger partial charge in [-0.15, -0.1) is 0 Å². The average Bonchev–Trinajstić information content (AvgIpc) is 3.16. The Labute approximate surface area is 351 Å². The Morgan fingerprint density at radius 2 is 1.05 bits per heavy atom. The highest BCUT2D eigenvalue weighted by Crippen LogP contribution is 2.38. The van der Waals surface area contributed by atoms with Crippen LogP contribution in [0.4, 0.5) is 0 Å². The number of rotatable bonds is 41. The van der Waals surface area contributed by atoms with E-state index in [0.29, 0.717) is 17.4 Å². The van der Waals surface area contributed by atoms with Crippen LogP contribution < -0.4 is 10.2 Å². The summed E-state index contributed by atoms with van der Waals surface area (Å²) in [5, 5.41) is 13.7. The van der Waals surface area contributed by atoms with Gasteiger partial charge in [0.25, 0.3) is 7.82 Å². The minimum Gasteiger partial charge on any atom is -0.756 e. The van der Waals surface area contributed by atoms with Crippen LogP contribution in [0.5, 0.6) is 0 Å². The van der Waals surface area contributed by atoms with Crippen molar-refractivity contribution < 1.29 is 32.9 Å². The van der Waals surface area contributed by atoms with Gasteiger partial charge in [0.1, 0.15) is 13.2 Å². The Morgan fingerprint density at radius 3 is 1.60 bits per heavy atom. The Balaban J connectivity index is 4.12. The van der Waals surface area contributed by atoms with E-state index in [4.69, 9.17) is 9.05 Å². The second kappa shape index (κ2) is 39.6. The van der Waals surface area contributed by atoms with Crippen molar-refractivity contribution >= 4 is 13.7 Å². The van der Waals surface area contributed by atoms with Gasteiger partial charge in [-0.25, -0.2) is 0 Å². The molecule has 332 valence electrons. The number of quaternary nitrogens is 1. The van der Waals surface area contributed by atoms with Gasteiger partial charge in [-0.1, -0.05) is 177 Å². The third-order valence-corrected chi connectivity index (χ3v) is 10.9. The number of hydrogen-bond acceptors (Lipinski definition) is 6. The van der Waals surface area contributed by atoms with Crippen molar-refractivity contribution in [3.8, 4) is 0 Å². The Kier molecular flexibility index (Phi) is 38.4. The molecule has 3 unspecified atom stereocenters. The Hall–Kier alpha value is -1.80. The number of aliphatic hydroxyl groups excluding tert-OH is 1. The van der Waals surface area contributed by atoms with Crippen LogP contribution in [-0.4, -0.2) is 68.5 Å². The summed E-state index contributed by atoms with van der Waals surface area (Å²) in [6.07, 6.45) is 51.6. The van der Waals surface area contributed by atoms with Crippen LogP contribution in [0.2, 0.25) is 0 Å². The molecular weight excluding hydrogens is 732 g/mol. The van der Waals surface area contributed by atoms with Crippen molar-refractivity contribution in [2.45, 2.75) is 199 Å². The number of carbonyl (C=O) groups excluding carboxylic acids is 1. The molecule has 0 bridgehead atoms. The summed E-state index contributed by atoms with van der Waals surface area (Å²) >= 11 is 0. The number of likely N-dealkylation sites (N-methyl/N-ethyl adjacent to an activating group) is 1. The quantitative estimate of drug-likeness (QED) is 0.0275. The van der Waals surface area contributed by atoms with E-state index >= 15 is 0 Å². The van der Waals surface area contributed by atoms with Crippen molar-refractivity contribution in [2.24, 2.45) is 0 Å². The largest absolute Gasteiger partial charge is 0.756 e. The Bertz CT molecular complexity index is 1110. The predicted octanol–water partition coefficient (Wildman–Crippen LogP) is 12.4. The van der Waals surface area contributed by atoms with Gasteiger partial charge in [-0.2, -0.15) is 0 Å². The van der Waals surface area contributed by atoms with Gasteiger partial charge in [0.15, 0.2) is 0 Å². The minimum atomic E-state index is -4.59. The summed E-state index contributed by atoms with van der Waals surface area (Å²) in [6.45, 7) is 4.52. The zero-order valence-electron chi connectivity index (χ0n) is 37.5. The SMILES string of the molecule is CCCC/C=C/CC/C=C/C(O)C(COP(=O)([O-])OCC[N+](C)(C)C)NC(=O)CCCCCCCCCCCCCC/C=C\C/C=C\C/C=C\CCCCCCC. The third-order valence-electron chi connectivity index (χ3n) is 9.95. The number of carbonyl (C=O) groups is 1. The number of amides is 1. The van der Waals surface area contributed by atoms with Crippen LogP contribution in [0.1, 0.15) is 187 Å². The molecule has 0 saturated carbocycles. The lowest BCUT2D eigenvalue weighted by atomic mass is 10.0. The molecule has 0 aliphatic carbocycles. The highest BCUT2D eigenvalue weighted by atomic mass is 31.2. The molecule has 1 amide bonds. The van der Waals surface area contributed by atoms with E-state index in [1.807, 2.05) is 27.2 Å². The summed E-state index contributed by atoms with van der Waals surface area (Å²) < 4.78 is 23.1. The molecule has 0 aliphatic rings. The lowest BCUT2D eigenvalue weighted by Gasteiger charge is -2.29. The van der Waals surface area contributed by atoms with E-state index in [2.05, 4.69) is 67.8 Å². The molecule has 0 aromatic carbocycles. The number of hydrogen-bond donors (Lipinski definition) is 2. The highest BCUT2D eigenvalue weighted by Gasteiger charge is 2.23. The molecule has 3 atom stereocenters. The van der Waals surface area contributed by atoms with E-state index in [0.717, 1.165) is 51.4 Å². The molecular formula is C48H89N2O6P. The van der Waals surface area contributed by atoms with Gasteiger partial charge < -0.3 is 28.8 Å². The molecule has 0 radical (unpaired) electrons. The van der Waals surface area contributed by atoms with Gasteiger partial charge in [0.2, 0.25) is 5.91 Å². The van der Waals surface area contributed by atoms with Gasteiger partial charge in [-0.05, 0) is 64.2 Å². The maximum absolute atomic E-state index is 12.8. The second-order valence-corrected chi connectivity index (χ2v) is 18.2. The first-order chi connectivity index (χ1) is 27.5. The lowest BCUT2D eigenvalue weighted by molar-refractivity contribution is -0.870. The smallest absolute Gasteiger partial charge is 0.268 e. The lowest BCUT2D eigenvalue weighted by Crippen LogP contribution is -2.45. The summed E-state index contributed by atoms with van der Waals surface area (Å²) in [5.74, 6) is -0.216. The molecule has 0 aliphatic heterocycles. The number of nitrogens with one attached hydrogen (secondary N) is 1. The van der Waals surface area contributed by atoms with E-state index in [1.54, 1.807) is 6.08 Å². The maximum atomic E-state index is 12.8. The van der Waals surface area contributed by atoms with Gasteiger partial charge >= 0.3 is 0 Å². The summed E-state index contributed by atoms with van der Waals surface area (Å²) in [5.41, 5.74) is 0. The molecule has 0 heterocycles. The number of phosphoric acid groups is 1. The highest BCUT2D eigenvalue weighted by molar-refractivity contribution is 7.45. The topological polar surface area (TPSA) is 108 Å². The zero-order chi connectivity index (χ0) is 42.1. The van der Waals surface area contributed by atoms with Crippen molar-refractivity contribution in [1.82, 2.24) is 5.32 Å². The maximum Gasteiger partial charge on any atom is 0.268 e. The van der Waals surface area contributed by atoms with Crippen LogP contribution in [-0.2, 0) is 18.4 Å². The Morgan fingerprint density at radius 1 is 0.614 bits per heavy atom. The van der Waals surface area contributed by atoms with E-state index < -0.39 is 26.6 Å². The molecule has 0 fully saturated rings. The fourth-order valence-corrected chi connectivity index (χ4v) is 6.94. The normalized spacial score (nSPS) is 14.9. The van der Waals surface area contributed by atoms with E-state index in [9.17, 15) is 19.4 Å². The molecule has 2 N–H and O–H groups in total. The van der Waals surface area contributed by atoms with Crippen LogP contribution in [0, 0.1) is 0 Å². The first-order valence-electron chi connectivity index (χ1n) is 23.2. The second-order valence-electron chi connectivity index (χ2n) is 16.7. The number of unbranched alkanes of at least 4 members (excludes halogenated alkanes) is 20. The number of aliphatic hydroxyl groups is 1. The van der Waals surface area contributed by atoms with Crippen LogP contribution in [0.3, 0.4) is 0 Å². The molecule has 9 heteroatoms. The minimum absolute atomic E-state index is 0.00918. The summed E-state index contributed by atoms with van der Waals surface area (Å²) in [4.78, 5) is 25.2. The summed E-state index contributed by atoms with van der Waals surface area (Å²) in [7, 11) is 1.23. The molecule has 0 saturated heterocycles. The first-order valence-corrected chi connectivity index (χ1v) is 24.6. The monoisotopic (exact) mass is 821 g/mol. The predicted molar refractivity (Wildman–Crippen MR) is 242 cm³/mol. The van der Waals surface area contributed by atoms with Gasteiger partial charge in [-0.3, -0.25) is 9.36 Å². The van der Waals surface area contributed by atoms with Gasteiger partial charge in [0, 0.05) is 6.42 Å². The number of phosphoric ester groups is 1. The molecule has 0 aromatic heterocycles. The van der Waals surface area contributed by atoms with Crippen LogP contribution >= 0.6 is 7.82 Å². The van der Waals surface area contributed by atoms with E-state index in [-0.39, 0.29) is 12.5 Å². The fraction of sp³-hybridized carbons (Fsp3) is 0.771. The fourth-order valence-electron chi connectivity index (χ4n) is 6.22. The third kappa shape index (κ3) is 42.1. The van der Waals surface area contributed by atoms with E-state index in [1.165, 1.54) is 116 Å².